The predicted molar refractivity (Wildman–Crippen MR) is 46.7 cm³/mol. The normalized spacial score (nSPS) is 11.2. The zero-order valence-corrected chi connectivity index (χ0v) is 7.10. The highest BCUT2D eigenvalue weighted by atomic mass is 16.5. The first-order chi connectivity index (χ1) is 6.34. The highest BCUT2D eigenvalue weighted by Crippen LogP contribution is 2.06. The largest absolute Gasteiger partial charge is 0.465 e. The van der Waals surface area contributed by atoms with Gasteiger partial charge in [-0.05, 0) is 25.1 Å². The number of aryl methyl sites for hydroxylation is 1. The van der Waals surface area contributed by atoms with E-state index >= 15 is 0 Å². The Labute approximate surface area is 74.9 Å². The number of furan rings is 1. The molecule has 0 N–H and O–H groups in total. The van der Waals surface area contributed by atoms with E-state index in [1.54, 1.807) is 25.3 Å². The Kier molecular flexibility index (Phi) is 1.96. The first-order valence-electron chi connectivity index (χ1n) is 3.86. The molecule has 0 atom stereocenters. The molecule has 0 saturated carbocycles. The van der Waals surface area contributed by atoms with Crippen molar-refractivity contribution < 1.29 is 8.94 Å². The van der Waals surface area contributed by atoms with E-state index in [2.05, 4.69) is 10.1 Å². The van der Waals surface area contributed by atoms with E-state index in [9.17, 15) is 0 Å². The van der Waals surface area contributed by atoms with Crippen LogP contribution in [0.25, 0.3) is 12.2 Å². The van der Waals surface area contributed by atoms with Gasteiger partial charge in [0.2, 0.25) is 0 Å². The van der Waals surface area contributed by atoms with Crippen molar-refractivity contribution in [2.24, 2.45) is 0 Å². The van der Waals surface area contributed by atoms with Gasteiger partial charge >= 0.3 is 0 Å². The molecule has 0 saturated heterocycles. The Morgan fingerprint density at radius 3 is 2.92 bits per heavy atom. The SMILES string of the molecule is Cc1noc(/C=C/c2ccco2)n1. The van der Waals surface area contributed by atoms with Crippen molar-refractivity contribution in [2.45, 2.75) is 6.92 Å². The van der Waals surface area contributed by atoms with E-state index in [0.717, 1.165) is 5.76 Å². The first kappa shape index (κ1) is 7.79. The second-order valence-corrected chi connectivity index (χ2v) is 2.53. The van der Waals surface area contributed by atoms with Crippen LogP contribution in [-0.2, 0) is 0 Å². The fourth-order valence-electron chi connectivity index (χ4n) is 0.920. The molecule has 2 heterocycles. The molecule has 2 aromatic rings. The van der Waals surface area contributed by atoms with Gasteiger partial charge in [0, 0.05) is 6.08 Å². The summed E-state index contributed by atoms with van der Waals surface area (Å²) in [5.74, 6) is 1.86. The number of hydrogen-bond donors (Lipinski definition) is 0. The highest BCUT2D eigenvalue weighted by Gasteiger charge is 1.96. The maximum absolute atomic E-state index is 5.09. The number of hydrogen-bond acceptors (Lipinski definition) is 4. The van der Waals surface area contributed by atoms with E-state index in [1.165, 1.54) is 0 Å². The topological polar surface area (TPSA) is 52.1 Å². The third kappa shape index (κ3) is 1.84. The molecule has 0 aromatic carbocycles. The smallest absolute Gasteiger partial charge is 0.250 e. The van der Waals surface area contributed by atoms with Gasteiger partial charge in [0.1, 0.15) is 5.76 Å². The Morgan fingerprint density at radius 2 is 2.31 bits per heavy atom. The van der Waals surface area contributed by atoms with Crippen LogP contribution in [0.15, 0.2) is 27.3 Å². The maximum atomic E-state index is 5.09. The molecule has 0 aliphatic carbocycles. The minimum absolute atomic E-state index is 0.480. The monoisotopic (exact) mass is 176 g/mol. The average Bonchev–Trinajstić information content (AvgIpc) is 2.71. The van der Waals surface area contributed by atoms with Crippen LogP contribution < -0.4 is 0 Å². The molecule has 0 aliphatic heterocycles. The van der Waals surface area contributed by atoms with Crippen LogP contribution in [0.2, 0.25) is 0 Å². The Balaban J connectivity index is 2.14. The Morgan fingerprint density at radius 1 is 1.38 bits per heavy atom. The van der Waals surface area contributed by atoms with Crippen molar-refractivity contribution in [3.63, 3.8) is 0 Å². The molecular weight excluding hydrogens is 168 g/mol. The summed E-state index contributed by atoms with van der Waals surface area (Å²) in [4.78, 5) is 4.00. The summed E-state index contributed by atoms with van der Waals surface area (Å²) in [5, 5.41) is 3.65. The lowest BCUT2D eigenvalue weighted by molar-refractivity contribution is 0.405. The third-order valence-electron chi connectivity index (χ3n) is 1.48. The third-order valence-corrected chi connectivity index (χ3v) is 1.48. The van der Waals surface area contributed by atoms with Crippen LogP contribution in [0.5, 0.6) is 0 Å². The van der Waals surface area contributed by atoms with Gasteiger partial charge in [-0.2, -0.15) is 4.98 Å². The summed E-state index contributed by atoms with van der Waals surface area (Å²) in [7, 11) is 0. The molecule has 0 fully saturated rings. The summed E-state index contributed by atoms with van der Waals surface area (Å²) in [6, 6.07) is 3.67. The van der Waals surface area contributed by atoms with E-state index in [1.807, 2.05) is 12.1 Å². The van der Waals surface area contributed by atoms with Crippen LogP contribution in [0, 0.1) is 6.92 Å². The summed E-state index contributed by atoms with van der Waals surface area (Å²) in [5.41, 5.74) is 0. The average molecular weight is 176 g/mol. The molecule has 4 heteroatoms. The fraction of sp³-hybridized carbons (Fsp3) is 0.111. The van der Waals surface area contributed by atoms with Crippen LogP contribution in [0.4, 0.5) is 0 Å². The quantitative estimate of drug-likeness (QED) is 0.703. The van der Waals surface area contributed by atoms with Gasteiger partial charge in [0.05, 0.1) is 6.26 Å². The molecule has 4 nitrogen and oxygen atoms in total. The van der Waals surface area contributed by atoms with Crippen molar-refractivity contribution in [1.82, 2.24) is 10.1 Å². The number of rotatable bonds is 2. The van der Waals surface area contributed by atoms with Crippen LogP contribution in [-0.4, -0.2) is 10.1 Å². The van der Waals surface area contributed by atoms with Gasteiger partial charge in [-0.15, -0.1) is 0 Å². The zero-order valence-electron chi connectivity index (χ0n) is 7.10. The second-order valence-electron chi connectivity index (χ2n) is 2.53. The molecular formula is C9H8N2O2. The van der Waals surface area contributed by atoms with Crippen LogP contribution in [0.3, 0.4) is 0 Å². The molecule has 0 bridgehead atoms. The standard InChI is InChI=1S/C9H8N2O2/c1-7-10-9(13-11-7)5-4-8-3-2-6-12-8/h2-6H,1H3/b5-4+. The molecule has 2 rings (SSSR count). The van der Waals surface area contributed by atoms with Crippen LogP contribution >= 0.6 is 0 Å². The summed E-state index contributed by atoms with van der Waals surface area (Å²) in [6.45, 7) is 1.77. The molecule has 0 aliphatic rings. The van der Waals surface area contributed by atoms with E-state index in [-0.39, 0.29) is 0 Å². The molecule has 0 amide bonds. The van der Waals surface area contributed by atoms with E-state index in [0.29, 0.717) is 11.7 Å². The maximum Gasteiger partial charge on any atom is 0.250 e. The minimum atomic E-state index is 0.480. The molecule has 0 spiro atoms. The van der Waals surface area contributed by atoms with Crippen molar-refractivity contribution in [1.29, 1.82) is 0 Å². The molecule has 13 heavy (non-hydrogen) atoms. The van der Waals surface area contributed by atoms with Gasteiger partial charge in [-0.3, -0.25) is 0 Å². The molecule has 66 valence electrons. The van der Waals surface area contributed by atoms with Crippen molar-refractivity contribution in [2.75, 3.05) is 0 Å². The fourth-order valence-corrected chi connectivity index (χ4v) is 0.920. The van der Waals surface area contributed by atoms with E-state index in [4.69, 9.17) is 8.94 Å². The van der Waals surface area contributed by atoms with Crippen molar-refractivity contribution in [3.8, 4) is 0 Å². The van der Waals surface area contributed by atoms with Gasteiger partial charge in [0.15, 0.2) is 5.82 Å². The van der Waals surface area contributed by atoms with Gasteiger partial charge in [0.25, 0.3) is 5.89 Å². The van der Waals surface area contributed by atoms with E-state index < -0.39 is 0 Å². The molecule has 2 aromatic heterocycles. The Hall–Kier alpha value is -1.84. The van der Waals surface area contributed by atoms with Gasteiger partial charge in [-0.1, -0.05) is 5.16 Å². The molecule has 0 radical (unpaired) electrons. The summed E-state index contributed by atoms with van der Waals surface area (Å²) in [6.07, 6.45) is 5.09. The second kappa shape index (κ2) is 3.26. The van der Waals surface area contributed by atoms with Gasteiger partial charge in [-0.25, -0.2) is 0 Å². The minimum Gasteiger partial charge on any atom is -0.465 e. The first-order valence-corrected chi connectivity index (χ1v) is 3.86. The lowest BCUT2D eigenvalue weighted by Crippen LogP contribution is -1.72. The predicted octanol–water partition coefficient (Wildman–Crippen LogP) is 2.14. The number of nitrogens with zero attached hydrogens (tertiary/aromatic N) is 2. The summed E-state index contributed by atoms with van der Waals surface area (Å²) >= 11 is 0. The van der Waals surface area contributed by atoms with Crippen LogP contribution in [0.1, 0.15) is 17.5 Å². The number of aromatic nitrogens is 2. The van der Waals surface area contributed by atoms with Crippen molar-refractivity contribution in [3.05, 3.63) is 35.9 Å². The summed E-state index contributed by atoms with van der Waals surface area (Å²) < 4.78 is 9.96. The highest BCUT2D eigenvalue weighted by molar-refractivity contribution is 5.62. The van der Waals surface area contributed by atoms with Crippen molar-refractivity contribution >= 4 is 12.2 Å². The lowest BCUT2D eigenvalue weighted by Gasteiger charge is -1.80. The van der Waals surface area contributed by atoms with Gasteiger partial charge < -0.3 is 8.94 Å². The Bertz CT molecular complexity index is 401. The lowest BCUT2D eigenvalue weighted by atomic mass is 10.4. The zero-order chi connectivity index (χ0) is 9.10. The molecule has 0 unspecified atom stereocenters.